The van der Waals surface area contributed by atoms with Crippen molar-refractivity contribution in [1.82, 2.24) is 0 Å². The minimum atomic E-state index is 0.0494. The van der Waals surface area contributed by atoms with Crippen molar-refractivity contribution in [1.29, 1.82) is 0 Å². The molecule has 158 valence electrons. The average Bonchev–Trinajstić information content (AvgIpc) is 3.33. The van der Waals surface area contributed by atoms with Crippen molar-refractivity contribution in [2.45, 2.75) is 63.8 Å². The van der Waals surface area contributed by atoms with Gasteiger partial charge in [-0.3, -0.25) is 0 Å². The maximum atomic E-state index is 6.40. The molecule has 0 bridgehead atoms. The van der Waals surface area contributed by atoms with Gasteiger partial charge in [0.15, 0.2) is 0 Å². The van der Waals surface area contributed by atoms with Crippen molar-refractivity contribution >= 4 is 0 Å². The molecule has 0 saturated carbocycles. The second kappa shape index (κ2) is 7.33. The number of benzene rings is 3. The van der Waals surface area contributed by atoms with Crippen LogP contribution in [-0.4, -0.2) is 12.2 Å². The molecule has 3 heterocycles. The normalized spacial score (nSPS) is 25.6. The lowest BCUT2D eigenvalue weighted by atomic mass is 9.92. The second-order valence-electron chi connectivity index (χ2n) is 9.29. The van der Waals surface area contributed by atoms with Crippen LogP contribution in [0.5, 0.6) is 17.2 Å². The summed E-state index contributed by atoms with van der Waals surface area (Å²) in [6, 6.07) is 21.6. The van der Waals surface area contributed by atoms with Crippen molar-refractivity contribution in [2.24, 2.45) is 0 Å². The molecule has 0 saturated heterocycles. The van der Waals surface area contributed by atoms with E-state index in [4.69, 9.17) is 14.2 Å². The summed E-state index contributed by atoms with van der Waals surface area (Å²) in [5, 5.41) is 0. The van der Waals surface area contributed by atoms with Crippen LogP contribution in [0.15, 0.2) is 60.7 Å². The number of rotatable bonds is 3. The van der Waals surface area contributed by atoms with Crippen LogP contribution < -0.4 is 14.2 Å². The number of fused-ring (bicyclic) bond motifs is 3. The van der Waals surface area contributed by atoms with Gasteiger partial charge >= 0.3 is 0 Å². The predicted octanol–water partition coefficient (Wildman–Crippen LogP) is 6.18. The van der Waals surface area contributed by atoms with Crippen LogP contribution in [0, 0.1) is 0 Å². The molecule has 0 fully saturated rings. The topological polar surface area (TPSA) is 27.7 Å². The summed E-state index contributed by atoms with van der Waals surface area (Å²) in [6.07, 6.45) is 4.63. The van der Waals surface area contributed by atoms with Gasteiger partial charge < -0.3 is 14.2 Å². The first-order valence-corrected chi connectivity index (χ1v) is 11.5. The summed E-state index contributed by atoms with van der Waals surface area (Å²) in [5.41, 5.74) is 6.45. The van der Waals surface area contributed by atoms with E-state index in [2.05, 4.69) is 68.4 Å². The van der Waals surface area contributed by atoms with E-state index in [0.717, 1.165) is 42.9 Å². The van der Waals surface area contributed by atoms with Crippen LogP contribution in [-0.2, 0) is 19.3 Å². The van der Waals surface area contributed by atoms with E-state index in [1.807, 2.05) is 6.07 Å². The smallest absolute Gasteiger partial charge is 0.131 e. The quantitative estimate of drug-likeness (QED) is 0.514. The van der Waals surface area contributed by atoms with Crippen molar-refractivity contribution in [3.63, 3.8) is 0 Å². The Hall–Kier alpha value is -2.94. The van der Waals surface area contributed by atoms with Gasteiger partial charge in [0, 0.05) is 24.3 Å². The molecule has 6 rings (SSSR count). The molecule has 3 aliphatic heterocycles. The highest BCUT2D eigenvalue weighted by atomic mass is 16.5. The molecule has 0 aromatic heterocycles. The van der Waals surface area contributed by atoms with E-state index in [9.17, 15) is 0 Å². The number of hydrogen-bond acceptors (Lipinski definition) is 3. The van der Waals surface area contributed by atoms with Gasteiger partial charge in [-0.1, -0.05) is 49.4 Å². The monoisotopic (exact) mass is 412 g/mol. The number of ether oxygens (including phenoxy) is 3. The van der Waals surface area contributed by atoms with Gasteiger partial charge in [0.2, 0.25) is 0 Å². The zero-order valence-corrected chi connectivity index (χ0v) is 18.1. The molecule has 4 unspecified atom stereocenters. The standard InChI is InChI=1S/C28H28O3/c1-17-7-9-20-13-19(8-12-25(20)29-17)14-23-15-21-10-11-22(16-27(21)30-23)28-18(2)24-5-3-4-6-26(24)31-28/h3-6,8,10-13,16-18,23,28H,7,9,14-15H2,1-2H3. The van der Waals surface area contributed by atoms with Crippen LogP contribution >= 0.6 is 0 Å². The Morgan fingerprint density at radius 3 is 2.61 bits per heavy atom. The predicted molar refractivity (Wildman–Crippen MR) is 121 cm³/mol. The summed E-state index contributed by atoms with van der Waals surface area (Å²) >= 11 is 0. The number of hydrogen-bond donors (Lipinski definition) is 0. The SMILES string of the molecule is CC1CCc2cc(CC3Cc4ccc(C5Oc6ccccc6C5C)cc4O3)ccc2O1. The van der Waals surface area contributed by atoms with E-state index in [1.54, 1.807) is 0 Å². The Bertz CT molecular complexity index is 1130. The Balaban J connectivity index is 1.17. The van der Waals surface area contributed by atoms with Crippen molar-refractivity contribution in [2.75, 3.05) is 0 Å². The molecule has 0 radical (unpaired) electrons. The number of para-hydroxylation sites is 1. The van der Waals surface area contributed by atoms with Crippen LogP contribution in [0.1, 0.15) is 60.1 Å². The molecule has 31 heavy (non-hydrogen) atoms. The first-order chi connectivity index (χ1) is 15.1. The Labute approximate surface area is 184 Å². The molecular formula is C28H28O3. The Morgan fingerprint density at radius 2 is 1.71 bits per heavy atom. The lowest BCUT2D eigenvalue weighted by Crippen LogP contribution is -2.20. The van der Waals surface area contributed by atoms with Gasteiger partial charge in [0.1, 0.15) is 29.5 Å². The van der Waals surface area contributed by atoms with Gasteiger partial charge in [0.25, 0.3) is 0 Å². The van der Waals surface area contributed by atoms with Crippen LogP contribution in [0.2, 0.25) is 0 Å². The van der Waals surface area contributed by atoms with Crippen LogP contribution in [0.4, 0.5) is 0 Å². The number of aryl methyl sites for hydroxylation is 1. The summed E-state index contributed by atoms with van der Waals surface area (Å²) in [4.78, 5) is 0. The van der Waals surface area contributed by atoms with Gasteiger partial charge in [-0.2, -0.15) is 0 Å². The molecule has 4 atom stereocenters. The summed E-state index contributed by atoms with van der Waals surface area (Å²) in [6.45, 7) is 4.39. The van der Waals surface area contributed by atoms with Gasteiger partial charge in [-0.25, -0.2) is 0 Å². The highest BCUT2D eigenvalue weighted by Crippen LogP contribution is 2.46. The second-order valence-corrected chi connectivity index (χ2v) is 9.29. The summed E-state index contributed by atoms with van der Waals surface area (Å²) < 4.78 is 18.6. The van der Waals surface area contributed by atoms with Gasteiger partial charge in [0.05, 0.1) is 6.10 Å². The minimum Gasteiger partial charge on any atom is -0.490 e. The molecule has 3 aromatic carbocycles. The highest BCUT2D eigenvalue weighted by Gasteiger charge is 2.33. The lowest BCUT2D eigenvalue weighted by Gasteiger charge is -2.24. The third-order valence-electron chi connectivity index (χ3n) is 7.02. The fourth-order valence-corrected chi connectivity index (χ4v) is 5.30. The van der Waals surface area contributed by atoms with E-state index in [1.165, 1.54) is 27.8 Å². The maximum Gasteiger partial charge on any atom is 0.131 e. The highest BCUT2D eigenvalue weighted by molar-refractivity contribution is 5.47. The fourth-order valence-electron chi connectivity index (χ4n) is 5.30. The van der Waals surface area contributed by atoms with E-state index in [-0.39, 0.29) is 12.2 Å². The van der Waals surface area contributed by atoms with Gasteiger partial charge in [-0.15, -0.1) is 0 Å². The van der Waals surface area contributed by atoms with E-state index < -0.39 is 0 Å². The zero-order chi connectivity index (χ0) is 20.9. The largest absolute Gasteiger partial charge is 0.490 e. The van der Waals surface area contributed by atoms with Crippen molar-refractivity contribution in [3.8, 4) is 17.2 Å². The third kappa shape index (κ3) is 3.37. The zero-order valence-electron chi connectivity index (χ0n) is 18.1. The molecule has 3 heteroatoms. The van der Waals surface area contributed by atoms with Crippen molar-refractivity contribution < 1.29 is 14.2 Å². The Morgan fingerprint density at radius 1 is 0.806 bits per heavy atom. The van der Waals surface area contributed by atoms with E-state index >= 15 is 0 Å². The molecule has 3 nitrogen and oxygen atoms in total. The molecule has 3 aliphatic rings. The minimum absolute atomic E-state index is 0.0494. The van der Waals surface area contributed by atoms with Crippen LogP contribution in [0.3, 0.4) is 0 Å². The molecule has 3 aromatic rings. The average molecular weight is 413 g/mol. The summed E-state index contributed by atoms with van der Waals surface area (Å²) in [5.74, 6) is 3.41. The van der Waals surface area contributed by atoms with Crippen molar-refractivity contribution in [3.05, 3.63) is 88.5 Å². The van der Waals surface area contributed by atoms with Gasteiger partial charge in [-0.05, 0) is 60.2 Å². The molecule has 0 aliphatic carbocycles. The lowest BCUT2D eigenvalue weighted by molar-refractivity contribution is 0.192. The molecule has 0 amide bonds. The first-order valence-electron chi connectivity index (χ1n) is 11.5. The molecule has 0 spiro atoms. The molecule has 0 N–H and O–H groups in total. The van der Waals surface area contributed by atoms with Crippen LogP contribution in [0.25, 0.3) is 0 Å². The summed E-state index contributed by atoms with van der Waals surface area (Å²) in [7, 11) is 0. The maximum absolute atomic E-state index is 6.40. The first kappa shape index (κ1) is 18.8. The third-order valence-corrected chi connectivity index (χ3v) is 7.02. The van der Waals surface area contributed by atoms with E-state index in [0.29, 0.717) is 12.0 Å². The Kier molecular flexibility index (Phi) is 4.45. The fraction of sp³-hybridized carbons (Fsp3) is 0.357. The molecular weight excluding hydrogens is 384 g/mol.